The summed E-state index contributed by atoms with van der Waals surface area (Å²) in [5.41, 5.74) is 0. The quantitative estimate of drug-likeness (QED) is 0.831. The molecule has 0 radical (unpaired) electrons. The van der Waals surface area contributed by atoms with Crippen LogP contribution in [-0.2, 0) is 0 Å². The molecule has 1 saturated heterocycles. The molecule has 2 rings (SSSR count). The monoisotopic (exact) mass is 226 g/mol. The number of piperidine rings is 1. The standard InChI is InChI=1S/C10H18N4S/c1-7-6-14(3)5-4-9(7)11-10-13-12-8(2)15-10/h7,9H,4-6H2,1-3H3,(H,11,13). The van der Waals surface area contributed by atoms with E-state index in [2.05, 4.69) is 34.4 Å². The zero-order chi connectivity index (χ0) is 10.8. The molecule has 2 atom stereocenters. The Balaban J connectivity index is 1.94. The van der Waals surface area contributed by atoms with E-state index in [0.29, 0.717) is 12.0 Å². The maximum absolute atomic E-state index is 4.11. The minimum absolute atomic E-state index is 0.550. The molecule has 1 aliphatic heterocycles. The summed E-state index contributed by atoms with van der Waals surface area (Å²) in [7, 11) is 2.18. The molecule has 15 heavy (non-hydrogen) atoms. The third kappa shape index (κ3) is 2.66. The van der Waals surface area contributed by atoms with E-state index in [0.717, 1.165) is 16.7 Å². The van der Waals surface area contributed by atoms with Crippen LogP contribution in [-0.4, -0.2) is 41.3 Å². The first-order valence-corrected chi connectivity index (χ1v) is 6.22. The number of hydrogen-bond donors (Lipinski definition) is 1. The molecule has 2 heterocycles. The first-order chi connectivity index (χ1) is 7.15. The van der Waals surface area contributed by atoms with Crippen molar-refractivity contribution in [1.82, 2.24) is 15.1 Å². The average Bonchev–Trinajstić information content (AvgIpc) is 2.56. The molecular weight excluding hydrogens is 208 g/mol. The fourth-order valence-corrected chi connectivity index (χ4v) is 2.74. The third-order valence-electron chi connectivity index (χ3n) is 2.94. The van der Waals surface area contributed by atoms with Gasteiger partial charge in [0.05, 0.1) is 0 Å². The van der Waals surface area contributed by atoms with Gasteiger partial charge in [-0.1, -0.05) is 18.3 Å². The van der Waals surface area contributed by atoms with Crippen LogP contribution >= 0.6 is 11.3 Å². The Labute approximate surface area is 94.7 Å². The van der Waals surface area contributed by atoms with Gasteiger partial charge in [0.2, 0.25) is 5.13 Å². The van der Waals surface area contributed by atoms with Crippen LogP contribution in [0.25, 0.3) is 0 Å². The zero-order valence-electron chi connectivity index (χ0n) is 9.53. The number of rotatable bonds is 2. The molecule has 1 aliphatic rings. The number of anilines is 1. The predicted molar refractivity (Wildman–Crippen MR) is 63.3 cm³/mol. The fourth-order valence-electron chi connectivity index (χ4n) is 2.08. The van der Waals surface area contributed by atoms with Crippen LogP contribution < -0.4 is 5.32 Å². The van der Waals surface area contributed by atoms with Crippen molar-refractivity contribution in [3.05, 3.63) is 5.01 Å². The summed E-state index contributed by atoms with van der Waals surface area (Å²) in [5, 5.41) is 13.6. The summed E-state index contributed by atoms with van der Waals surface area (Å²) >= 11 is 1.64. The summed E-state index contributed by atoms with van der Waals surface area (Å²) in [6, 6.07) is 0.550. The summed E-state index contributed by atoms with van der Waals surface area (Å²) in [6.45, 7) is 6.61. The highest BCUT2D eigenvalue weighted by molar-refractivity contribution is 7.15. The van der Waals surface area contributed by atoms with Crippen LogP contribution in [0.1, 0.15) is 18.4 Å². The summed E-state index contributed by atoms with van der Waals surface area (Å²) in [5.74, 6) is 0.674. The van der Waals surface area contributed by atoms with E-state index >= 15 is 0 Å². The molecule has 0 bridgehead atoms. The molecule has 0 spiro atoms. The van der Waals surface area contributed by atoms with Gasteiger partial charge >= 0.3 is 0 Å². The number of nitrogens with one attached hydrogen (secondary N) is 1. The second-order valence-corrected chi connectivity index (χ2v) is 5.59. The van der Waals surface area contributed by atoms with E-state index < -0.39 is 0 Å². The van der Waals surface area contributed by atoms with Crippen LogP contribution in [0.15, 0.2) is 0 Å². The number of aryl methyl sites for hydroxylation is 1. The van der Waals surface area contributed by atoms with Crippen LogP contribution in [0.5, 0.6) is 0 Å². The van der Waals surface area contributed by atoms with Gasteiger partial charge in [0, 0.05) is 12.6 Å². The normalized spacial score (nSPS) is 27.9. The molecule has 0 aliphatic carbocycles. The fraction of sp³-hybridized carbons (Fsp3) is 0.800. The van der Waals surface area contributed by atoms with Gasteiger partial charge in [0.25, 0.3) is 0 Å². The van der Waals surface area contributed by atoms with E-state index in [9.17, 15) is 0 Å². The summed E-state index contributed by atoms with van der Waals surface area (Å²) in [4.78, 5) is 2.38. The highest BCUT2D eigenvalue weighted by Gasteiger charge is 2.24. The molecule has 2 unspecified atom stereocenters. The summed E-state index contributed by atoms with van der Waals surface area (Å²) in [6.07, 6.45) is 1.19. The molecule has 0 aromatic carbocycles. The van der Waals surface area contributed by atoms with Gasteiger partial charge in [-0.3, -0.25) is 0 Å². The second-order valence-electron chi connectivity index (χ2n) is 4.41. The molecular formula is C10H18N4S. The first kappa shape index (κ1) is 10.8. The van der Waals surface area contributed by atoms with E-state index in [4.69, 9.17) is 0 Å². The van der Waals surface area contributed by atoms with E-state index in [1.54, 1.807) is 11.3 Å². The first-order valence-electron chi connectivity index (χ1n) is 5.40. The van der Waals surface area contributed by atoms with Crippen molar-refractivity contribution < 1.29 is 0 Å². The Morgan fingerprint density at radius 3 is 2.87 bits per heavy atom. The Hall–Kier alpha value is -0.680. The third-order valence-corrected chi connectivity index (χ3v) is 3.71. The van der Waals surface area contributed by atoms with E-state index in [1.165, 1.54) is 13.0 Å². The van der Waals surface area contributed by atoms with Gasteiger partial charge in [0.15, 0.2) is 0 Å². The largest absolute Gasteiger partial charge is 0.357 e. The lowest BCUT2D eigenvalue weighted by Gasteiger charge is -2.34. The maximum Gasteiger partial charge on any atom is 0.205 e. The van der Waals surface area contributed by atoms with Crippen molar-refractivity contribution in [3.8, 4) is 0 Å². The Morgan fingerprint density at radius 2 is 2.27 bits per heavy atom. The molecule has 0 amide bonds. The smallest absolute Gasteiger partial charge is 0.205 e. The highest BCUT2D eigenvalue weighted by atomic mass is 32.1. The molecule has 1 N–H and O–H groups in total. The summed E-state index contributed by atoms with van der Waals surface area (Å²) < 4.78 is 0. The van der Waals surface area contributed by atoms with Gasteiger partial charge in [-0.25, -0.2) is 0 Å². The number of hydrogen-bond acceptors (Lipinski definition) is 5. The molecule has 5 heteroatoms. The topological polar surface area (TPSA) is 41.1 Å². The minimum atomic E-state index is 0.550. The lowest BCUT2D eigenvalue weighted by Crippen LogP contribution is -2.43. The lowest BCUT2D eigenvalue weighted by atomic mass is 9.94. The Bertz CT molecular complexity index is 325. The number of nitrogens with zero attached hydrogens (tertiary/aromatic N) is 3. The molecule has 1 aromatic rings. The van der Waals surface area contributed by atoms with Gasteiger partial charge in [-0.2, -0.15) is 0 Å². The van der Waals surface area contributed by atoms with Gasteiger partial charge < -0.3 is 10.2 Å². The van der Waals surface area contributed by atoms with Crippen LogP contribution in [0.2, 0.25) is 0 Å². The van der Waals surface area contributed by atoms with Crippen molar-refractivity contribution in [1.29, 1.82) is 0 Å². The molecule has 84 valence electrons. The molecule has 1 aromatic heterocycles. The number of aromatic nitrogens is 2. The SMILES string of the molecule is Cc1nnc(NC2CCN(C)CC2C)s1. The molecule has 0 saturated carbocycles. The van der Waals surface area contributed by atoms with Crippen molar-refractivity contribution in [2.45, 2.75) is 26.3 Å². The zero-order valence-corrected chi connectivity index (χ0v) is 10.3. The molecule has 1 fully saturated rings. The molecule has 4 nitrogen and oxygen atoms in total. The van der Waals surface area contributed by atoms with Gasteiger partial charge in [0.1, 0.15) is 5.01 Å². The van der Waals surface area contributed by atoms with Crippen molar-refractivity contribution >= 4 is 16.5 Å². The maximum atomic E-state index is 4.11. The van der Waals surface area contributed by atoms with Crippen molar-refractivity contribution in [3.63, 3.8) is 0 Å². The van der Waals surface area contributed by atoms with Crippen LogP contribution in [0.4, 0.5) is 5.13 Å². The average molecular weight is 226 g/mol. The highest BCUT2D eigenvalue weighted by Crippen LogP contribution is 2.22. The lowest BCUT2D eigenvalue weighted by molar-refractivity contribution is 0.206. The van der Waals surface area contributed by atoms with Crippen molar-refractivity contribution in [2.24, 2.45) is 5.92 Å². The predicted octanol–water partition coefficient (Wildman–Crippen LogP) is 1.60. The number of likely N-dealkylation sites (tertiary alicyclic amines) is 1. The van der Waals surface area contributed by atoms with E-state index in [-0.39, 0.29) is 0 Å². The van der Waals surface area contributed by atoms with Gasteiger partial charge in [-0.15, -0.1) is 10.2 Å². The van der Waals surface area contributed by atoms with Gasteiger partial charge in [-0.05, 0) is 32.9 Å². The van der Waals surface area contributed by atoms with Crippen LogP contribution in [0, 0.1) is 12.8 Å². The van der Waals surface area contributed by atoms with Crippen molar-refractivity contribution in [2.75, 3.05) is 25.5 Å². The van der Waals surface area contributed by atoms with Crippen LogP contribution in [0.3, 0.4) is 0 Å². The van der Waals surface area contributed by atoms with E-state index in [1.807, 2.05) is 6.92 Å². The Kier molecular flexibility index (Phi) is 3.21. The minimum Gasteiger partial charge on any atom is -0.357 e. The Morgan fingerprint density at radius 1 is 1.47 bits per heavy atom. The second kappa shape index (κ2) is 4.45.